The third-order valence-corrected chi connectivity index (χ3v) is 3.47. The van der Waals surface area contributed by atoms with Gasteiger partial charge in [0.15, 0.2) is 0 Å². The van der Waals surface area contributed by atoms with Gasteiger partial charge in [-0.1, -0.05) is 6.92 Å². The van der Waals surface area contributed by atoms with E-state index in [2.05, 4.69) is 38.6 Å². The van der Waals surface area contributed by atoms with Crippen molar-refractivity contribution in [3.05, 3.63) is 44.4 Å². The van der Waals surface area contributed by atoms with Gasteiger partial charge in [0, 0.05) is 32.5 Å². The van der Waals surface area contributed by atoms with Crippen molar-refractivity contribution >= 4 is 50.4 Å². The van der Waals surface area contributed by atoms with Crippen molar-refractivity contribution in [1.29, 1.82) is 0 Å². The highest BCUT2D eigenvalue weighted by molar-refractivity contribution is 14.1. The van der Waals surface area contributed by atoms with E-state index in [4.69, 9.17) is 5.11 Å². The zero-order chi connectivity index (χ0) is 14.7. The molecular formula is C14H13IN2O3. The number of aromatic amines is 2. The first-order valence-corrected chi connectivity index (χ1v) is 7.11. The molecule has 0 aliphatic carbocycles. The number of nitrogens with one attached hydrogen (secondary N) is 2. The summed E-state index contributed by atoms with van der Waals surface area (Å²) < 4.78 is 1.16. The fourth-order valence-corrected chi connectivity index (χ4v) is 2.31. The van der Waals surface area contributed by atoms with Gasteiger partial charge in [-0.3, -0.25) is 9.59 Å². The summed E-state index contributed by atoms with van der Waals surface area (Å²) in [4.78, 5) is 26.8. The third kappa shape index (κ3) is 3.01. The zero-order valence-electron chi connectivity index (χ0n) is 10.7. The van der Waals surface area contributed by atoms with Crippen molar-refractivity contribution in [2.24, 2.45) is 0 Å². The standard InChI is InChI=1S/C11H7IN2O.C3H6O2/c12-6-1-2-9-8(5-6)7-3-4-13-10(7)11(15)14-9;1-2-3(4)5/h1-5,13H,(H,14,15);2H2,1H3,(H,4,5). The molecule has 5 nitrogen and oxygen atoms in total. The lowest BCUT2D eigenvalue weighted by Crippen LogP contribution is -2.05. The highest BCUT2D eigenvalue weighted by Gasteiger charge is 2.05. The Hall–Kier alpha value is -1.83. The lowest BCUT2D eigenvalue weighted by molar-refractivity contribution is -0.136. The van der Waals surface area contributed by atoms with Crippen molar-refractivity contribution < 1.29 is 9.90 Å². The summed E-state index contributed by atoms with van der Waals surface area (Å²) in [6.45, 7) is 1.60. The number of halogens is 1. The van der Waals surface area contributed by atoms with Crippen molar-refractivity contribution in [3.63, 3.8) is 0 Å². The second-order valence-corrected chi connectivity index (χ2v) is 5.40. The SMILES string of the molecule is CCC(=O)O.O=c1[nH]c2ccc(I)cc2c2cc[nH]c12. The number of H-pyrrole nitrogens is 2. The van der Waals surface area contributed by atoms with Crippen molar-refractivity contribution in [2.45, 2.75) is 13.3 Å². The van der Waals surface area contributed by atoms with Crippen LogP contribution in [-0.4, -0.2) is 21.0 Å². The monoisotopic (exact) mass is 384 g/mol. The second-order valence-electron chi connectivity index (χ2n) is 4.16. The number of hydrogen-bond donors (Lipinski definition) is 3. The Balaban J connectivity index is 0.000000257. The lowest BCUT2D eigenvalue weighted by atomic mass is 10.1. The van der Waals surface area contributed by atoms with E-state index in [1.165, 1.54) is 0 Å². The Morgan fingerprint density at radius 3 is 2.65 bits per heavy atom. The van der Waals surface area contributed by atoms with Crippen LogP contribution in [0, 0.1) is 3.57 Å². The van der Waals surface area contributed by atoms with Gasteiger partial charge in [-0.05, 0) is 46.9 Å². The normalized spacial score (nSPS) is 10.3. The van der Waals surface area contributed by atoms with Crippen molar-refractivity contribution in [2.75, 3.05) is 0 Å². The molecule has 20 heavy (non-hydrogen) atoms. The second kappa shape index (κ2) is 6.08. The van der Waals surface area contributed by atoms with Crippen molar-refractivity contribution in [1.82, 2.24) is 9.97 Å². The highest BCUT2D eigenvalue weighted by atomic mass is 127. The Bertz CT molecular complexity index is 820. The minimum atomic E-state index is -0.745. The number of pyridine rings is 1. The van der Waals surface area contributed by atoms with Gasteiger partial charge in [0.2, 0.25) is 0 Å². The van der Waals surface area contributed by atoms with Gasteiger partial charge in [-0.25, -0.2) is 0 Å². The van der Waals surface area contributed by atoms with Gasteiger partial charge in [0.1, 0.15) is 5.52 Å². The summed E-state index contributed by atoms with van der Waals surface area (Å²) >= 11 is 2.27. The van der Waals surface area contributed by atoms with Crippen LogP contribution in [0.1, 0.15) is 13.3 Å². The predicted molar refractivity (Wildman–Crippen MR) is 87.1 cm³/mol. The molecule has 0 spiro atoms. The minimum absolute atomic E-state index is 0.0660. The number of aromatic nitrogens is 2. The van der Waals surface area contributed by atoms with Gasteiger partial charge >= 0.3 is 5.97 Å². The highest BCUT2D eigenvalue weighted by Crippen LogP contribution is 2.22. The predicted octanol–water partition coefficient (Wildman–Crippen LogP) is 3.10. The van der Waals surface area contributed by atoms with Crippen LogP contribution in [0.15, 0.2) is 35.3 Å². The van der Waals surface area contributed by atoms with E-state index < -0.39 is 5.97 Å². The number of fused-ring (bicyclic) bond motifs is 3. The van der Waals surface area contributed by atoms with Gasteiger partial charge in [0.05, 0.1) is 0 Å². The third-order valence-electron chi connectivity index (χ3n) is 2.80. The van der Waals surface area contributed by atoms with E-state index in [1.54, 1.807) is 13.1 Å². The summed E-state index contributed by atoms with van der Waals surface area (Å²) in [5.74, 6) is -0.745. The Morgan fingerprint density at radius 2 is 2.00 bits per heavy atom. The fraction of sp³-hybridized carbons (Fsp3) is 0.143. The molecule has 0 amide bonds. The maximum atomic E-state index is 11.7. The van der Waals surface area contributed by atoms with Crippen LogP contribution in [-0.2, 0) is 4.79 Å². The van der Waals surface area contributed by atoms with Gasteiger partial charge in [0.25, 0.3) is 5.56 Å². The minimum Gasteiger partial charge on any atom is -0.481 e. The molecular weight excluding hydrogens is 371 g/mol. The average Bonchev–Trinajstić information content (AvgIpc) is 2.91. The van der Waals surface area contributed by atoms with E-state index in [0.717, 1.165) is 19.9 Å². The topological polar surface area (TPSA) is 85.9 Å². The van der Waals surface area contributed by atoms with Crippen LogP contribution in [0.4, 0.5) is 0 Å². The number of carboxylic acids is 1. The van der Waals surface area contributed by atoms with Crippen LogP contribution in [0.3, 0.4) is 0 Å². The smallest absolute Gasteiger partial charge is 0.303 e. The number of carbonyl (C=O) groups is 1. The van der Waals surface area contributed by atoms with Crippen LogP contribution in [0.25, 0.3) is 21.8 Å². The van der Waals surface area contributed by atoms with E-state index in [9.17, 15) is 9.59 Å². The van der Waals surface area contributed by atoms with Gasteiger partial charge < -0.3 is 15.1 Å². The first-order chi connectivity index (χ1) is 9.52. The average molecular weight is 384 g/mol. The molecule has 0 radical (unpaired) electrons. The number of rotatable bonds is 1. The molecule has 2 heterocycles. The van der Waals surface area contributed by atoms with E-state index in [-0.39, 0.29) is 12.0 Å². The molecule has 0 aliphatic heterocycles. The molecule has 0 saturated carbocycles. The molecule has 104 valence electrons. The van der Waals surface area contributed by atoms with Crippen LogP contribution in [0.5, 0.6) is 0 Å². The summed E-state index contributed by atoms with van der Waals surface area (Å²) in [5.41, 5.74) is 1.46. The van der Waals surface area contributed by atoms with E-state index >= 15 is 0 Å². The Kier molecular flexibility index (Phi) is 4.43. The lowest BCUT2D eigenvalue weighted by Gasteiger charge is -2.00. The molecule has 0 fully saturated rings. The maximum Gasteiger partial charge on any atom is 0.303 e. The Labute approximate surface area is 128 Å². The molecule has 6 heteroatoms. The zero-order valence-corrected chi connectivity index (χ0v) is 12.9. The molecule has 0 bridgehead atoms. The van der Waals surface area contributed by atoms with Gasteiger partial charge in [-0.2, -0.15) is 0 Å². The van der Waals surface area contributed by atoms with Crippen LogP contribution < -0.4 is 5.56 Å². The molecule has 1 aromatic carbocycles. The van der Waals surface area contributed by atoms with E-state index in [0.29, 0.717) is 5.52 Å². The summed E-state index contributed by atoms with van der Waals surface area (Å²) in [6, 6.07) is 7.92. The molecule has 0 atom stereocenters. The number of carboxylic acid groups (broad SMARTS) is 1. The molecule has 2 aromatic heterocycles. The molecule has 3 rings (SSSR count). The van der Waals surface area contributed by atoms with E-state index in [1.807, 2.05) is 18.2 Å². The van der Waals surface area contributed by atoms with Crippen LogP contribution in [0.2, 0.25) is 0 Å². The molecule has 0 unspecified atom stereocenters. The molecule has 0 aliphatic rings. The first kappa shape index (κ1) is 14.6. The Morgan fingerprint density at radius 1 is 1.30 bits per heavy atom. The summed E-state index contributed by atoms with van der Waals surface area (Å²) in [5, 5.41) is 9.78. The molecule has 0 saturated heterocycles. The quantitative estimate of drug-likeness (QED) is 0.564. The summed E-state index contributed by atoms with van der Waals surface area (Å²) in [7, 11) is 0. The number of hydrogen-bond acceptors (Lipinski definition) is 2. The maximum absolute atomic E-state index is 11.7. The van der Waals surface area contributed by atoms with Crippen LogP contribution >= 0.6 is 22.6 Å². The first-order valence-electron chi connectivity index (χ1n) is 6.03. The fourth-order valence-electron chi connectivity index (χ4n) is 1.81. The molecule has 3 aromatic rings. The van der Waals surface area contributed by atoms with Gasteiger partial charge in [-0.15, -0.1) is 0 Å². The molecule has 3 N–H and O–H groups in total. The van der Waals surface area contributed by atoms with Crippen molar-refractivity contribution in [3.8, 4) is 0 Å². The number of benzene rings is 1. The largest absolute Gasteiger partial charge is 0.481 e. The number of aliphatic carboxylic acids is 1. The summed E-state index contributed by atoms with van der Waals surface area (Å²) in [6.07, 6.45) is 2.01.